The molecule has 0 saturated carbocycles. The van der Waals surface area contributed by atoms with Gasteiger partial charge in [-0.3, -0.25) is 4.79 Å². The fourth-order valence-corrected chi connectivity index (χ4v) is 2.98. The molecule has 0 unspecified atom stereocenters. The predicted molar refractivity (Wildman–Crippen MR) is 127 cm³/mol. The number of nitrogens with zero attached hydrogens (tertiary/aromatic N) is 5. The van der Waals surface area contributed by atoms with Crippen molar-refractivity contribution in [1.29, 1.82) is 5.26 Å². The highest BCUT2D eigenvalue weighted by molar-refractivity contribution is 6.08. The minimum atomic E-state index is -0.506. The molecule has 1 heterocycles. The maximum atomic E-state index is 12.6. The summed E-state index contributed by atoms with van der Waals surface area (Å²) >= 11 is 0. The monoisotopic (exact) mass is 442 g/mol. The predicted octanol–water partition coefficient (Wildman–Crippen LogP) is 2.33. The van der Waals surface area contributed by atoms with E-state index in [9.17, 15) is 9.90 Å². The second-order valence-corrected chi connectivity index (χ2v) is 6.78. The van der Waals surface area contributed by atoms with Crippen molar-refractivity contribution in [2.75, 3.05) is 29.0 Å². The molecule has 0 atom stereocenters. The number of para-hydroxylation sites is 3. The lowest BCUT2D eigenvalue weighted by atomic mass is 10.2. The van der Waals surface area contributed by atoms with Crippen molar-refractivity contribution in [3.05, 3.63) is 78.6 Å². The standard InChI is InChI=1S/C23H22N8O2/c1-15(13-24)23(33)31(16-7-3-2-4-8-16)12-11-27-22-19(20(25)28-14-29-22)21(26)30-17-9-5-6-10-18(17)32/h2-10,14,32H,1,11-12H2,(H2,26,30)(H3,25,27,28,29). The molecule has 33 heavy (non-hydrogen) atoms. The highest BCUT2D eigenvalue weighted by Gasteiger charge is 2.19. The van der Waals surface area contributed by atoms with E-state index in [0.29, 0.717) is 11.5 Å². The average Bonchev–Trinajstić information content (AvgIpc) is 2.83. The van der Waals surface area contributed by atoms with Crippen LogP contribution in [0, 0.1) is 11.3 Å². The topological polar surface area (TPSA) is 167 Å². The summed E-state index contributed by atoms with van der Waals surface area (Å²) in [5.41, 5.74) is 13.1. The summed E-state index contributed by atoms with van der Waals surface area (Å²) in [7, 11) is 0. The van der Waals surface area contributed by atoms with Crippen LogP contribution < -0.4 is 21.7 Å². The van der Waals surface area contributed by atoms with Crippen LogP contribution in [0.1, 0.15) is 5.56 Å². The van der Waals surface area contributed by atoms with E-state index in [1.165, 1.54) is 17.3 Å². The van der Waals surface area contributed by atoms with Crippen LogP contribution in [0.4, 0.5) is 23.0 Å². The van der Waals surface area contributed by atoms with Gasteiger partial charge in [-0.1, -0.05) is 36.9 Å². The van der Waals surface area contributed by atoms with E-state index in [2.05, 4.69) is 26.9 Å². The summed E-state index contributed by atoms with van der Waals surface area (Å²) in [5.74, 6) is -0.142. The van der Waals surface area contributed by atoms with Crippen molar-refractivity contribution < 1.29 is 9.90 Å². The SMILES string of the molecule is C=C(C#N)C(=O)N(CCNc1ncnc(N)c1C(N)=Nc1ccccc1O)c1ccccc1. The number of aromatic nitrogens is 2. The molecule has 166 valence electrons. The van der Waals surface area contributed by atoms with Gasteiger partial charge in [-0.25, -0.2) is 15.0 Å². The smallest absolute Gasteiger partial charge is 0.268 e. The molecule has 0 radical (unpaired) electrons. The van der Waals surface area contributed by atoms with Gasteiger partial charge in [-0.2, -0.15) is 5.26 Å². The van der Waals surface area contributed by atoms with Crippen LogP contribution in [0.2, 0.25) is 0 Å². The first-order valence-electron chi connectivity index (χ1n) is 9.85. The van der Waals surface area contributed by atoms with E-state index in [0.717, 1.165) is 0 Å². The Balaban J connectivity index is 1.83. The number of hydrogen-bond acceptors (Lipinski definition) is 8. The lowest BCUT2D eigenvalue weighted by Crippen LogP contribution is -2.36. The number of nitrogens with two attached hydrogens (primary N) is 2. The number of anilines is 3. The Morgan fingerprint density at radius 3 is 2.58 bits per heavy atom. The third-order valence-electron chi connectivity index (χ3n) is 4.59. The second kappa shape index (κ2) is 10.4. The molecule has 10 heteroatoms. The van der Waals surface area contributed by atoms with Gasteiger partial charge in [0.15, 0.2) is 0 Å². The zero-order valence-electron chi connectivity index (χ0n) is 17.6. The highest BCUT2D eigenvalue weighted by atomic mass is 16.3. The van der Waals surface area contributed by atoms with Crippen LogP contribution >= 0.6 is 0 Å². The number of phenols is 1. The first kappa shape index (κ1) is 22.8. The van der Waals surface area contributed by atoms with Gasteiger partial charge in [0.05, 0.1) is 0 Å². The van der Waals surface area contributed by atoms with Crippen LogP contribution in [-0.2, 0) is 4.79 Å². The lowest BCUT2D eigenvalue weighted by molar-refractivity contribution is -0.114. The molecule has 1 aromatic heterocycles. The lowest BCUT2D eigenvalue weighted by Gasteiger charge is -2.23. The summed E-state index contributed by atoms with van der Waals surface area (Å²) in [6.07, 6.45) is 1.27. The number of aromatic hydroxyl groups is 1. The van der Waals surface area contributed by atoms with Gasteiger partial charge in [0.1, 0.15) is 52.4 Å². The molecule has 3 aromatic rings. The minimum Gasteiger partial charge on any atom is -0.506 e. The molecule has 0 spiro atoms. The van der Waals surface area contributed by atoms with Crippen molar-refractivity contribution in [2.24, 2.45) is 10.7 Å². The molecular formula is C23H22N8O2. The number of amides is 1. The largest absolute Gasteiger partial charge is 0.506 e. The number of amidine groups is 1. The van der Waals surface area contributed by atoms with E-state index in [1.807, 2.05) is 6.07 Å². The van der Waals surface area contributed by atoms with Crippen LogP contribution in [0.3, 0.4) is 0 Å². The summed E-state index contributed by atoms with van der Waals surface area (Å²) < 4.78 is 0. The zero-order chi connectivity index (χ0) is 23.8. The molecule has 0 fully saturated rings. The fourth-order valence-electron chi connectivity index (χ4n) is 2.98. The average molecular weight is 442 g/mol. The summed E-state index contributed by atoms with van der Waals surface area (Å²) in [4.78, 5) is 26.5. The second-order valence-electron chi connectivity index (χ2n) is 6.78. The van der Waals surface area contributed by atoms with Gasteiger partial charge in [0.2, 0.25) is 0 Å². The maximum absolute atomic E-state index is 12.6. The number of aliphatic imine (C=N–C) groups is 1. The Hall–Kier alpha value is -4.91. The number of nitrogen functional groups attached to an aromatic ring is 1. The normalized spacial score (nSPS) is 10.8. The number of rotatable bonds is 8. The van der Waals surface area contributed by atoms with Gasteiger partial charge in [0.25, 0.3) is 5.91 Å². The number of carbonyl (C=O) groups excluding carboxylic acids is 1. The molecule has 0 aliphatic carbocycles. The zero-order valence-corrected chi connectivity index (χ0v) is 17.6. The number of carbonyl (C=O) groups is 1. The third kappa shape index (κ3) is 5.42. The number of nitriles is 1. The molecule has 0 saturated heterocycles. The Kier molecular flexibility index (Phi) is 7.18. The van der Waals surface area contributed by atoms with Crippen LogP contribution in [-0.4, -0.2) is 39.9 Å². The van der Waals surface area contributed by atoms with Crippen molar-refractivity contribution in [1.82, 2.24) is 9.97 Å². The summed E-state index contributed by atoms with van der Waals surface area (Å²) in [6, 6.07) is 17.2. The van der Waals surface area contributed by atoms with Gasteiger partial charge in [-0.15, -0.1) is 0 Å². The van der Waals surface area contributed by atoms with Crippen molar-refractivity contribution in [3.63, 3.8) is 0 Å². The quantitative estimate of drug-likeness (QED) is 0.178. The number of phenolic OH excluding ortho intramolecular Hbond substituents is 1. The van der Waals surface area contributed by atoms with Gasteiger partial charge in [0, 0.05) is 18.8 Å². The van der Waals surface area contributed by atoms with E-state index in [1.54, 1.807) is 48.5 Å². The van der Waals surface area contributed by atoms with Gasteiger partial charge < -0.3 is 26.8 Å². The Bertz CT molecular complexity index is 1230. The van der Waals surface area contributed by atoms with Crippen molar-refractivity contribution in [2.45, 2.75) is 0 Å². The van der Waals surface area contributed by atoms with Crippen molar-refractivity contribution >= 4 is 34.8 Å². The van der Waals surface area contributed by atoms with Crippen molar-refractivity contribution in [3.8, 4) is 11.8 Å². The molecule has 1 amide bonds. The molecule has 0 bridgehead atoms. The molecule has 10 nitrogen and oxygen atoms in total. The molecule has 0 aliphatic rings. The Morgan fingerprint density at radius 1 is 1.18 bits per heavy atom. The third-order valence-corrected chi connectivity index (χ3v) is 4.59. The van der Waals surface area contributed by atoms with E-state index >= 15 is 0 Å². The molecule has 3 rings (SSSR count). The van der Waals surface area contributed by atoms with Gasteiger partial charge >= 0.3 is 0 Å². The molecule has 0 aliphatic heterocycles. The minimum absolute atomic E-state index is 0.00551. The first-order chi connectivity index (χ1) is 15.9. The number of benzene rings is 2. The van der Waals surface area contributed by atoms with Crippen LogP contribution in [0.25, 0.3) is 0 Å². The summed E-state index contributed by atoms with van der Waals surface area (Å²) in [5, 5.41) is 22.1. The van der Waals surface area contributed by atoms with Crippen LogP contribution in [0.15, 0.2) is 78.1 Å². The Morgan fingerprint density at radius 2 is 1.88 bits per heavy atom. The number of nitrogens with one attached hydrogen (secondary N) is 1. The molecule has 6 N–H and O–H groups in total. The number of hydrogen-bond donors (Lipinski definition) is 4. The molecule has 2 aromatic carbocycles. The first-order valence-corrected chi connectivity index (χ1v) is 9.85. The van der Waals surface area contributed by atoms with Crippen LogP contribution in [0.5, 0.6) is 5.75 Å². The maximum Gasteiger partial charge on any atom is 0.268 e. The molecular weight excluding hydrogens is 420 g/mol. The fraction of sp³-hybridized carbons (Fsp3) is 0.0870. The van der Waals surface area contributed by atoms with E-state index < -0.39 is 5.91 Å². The Labute approximate surface area is 190 Å². The van der Waals surface area contributed by atoms with E-state index in [-0.39, 0.29) is 47.3 Å². The summed E-state index contributed by atoms with van der Waals surface area (Å²) in [6.45, 7) is 3.96. The highest BCUT2D eigenvalue weighted by Crippen LogP contribution is 2.27. The van der Waals surface area contributed by atoms with E-state index in [4.69, 9.17) is 16.7 Å². The van der Waals surface area contributed by atoms with Gasteiger partial charge in [-0.05, 0) is 24.3 Å².